The number of amides is 1. The van der Waals surface area contributed by atoms with Crippen LogP contribution in [0.3, 0.4) is 0 Å². The minimum absolute atomic E-state index is 0.0478. The quantitative estimate of drug-likeness (QED) is 0.603. The molecule has 0 saturated heterocycles. The molecule has 0 saturated carbocycles. The van der Waals surface area contributed by atoms with E-state index < -0.39 is 0 Å². The Bertz CT molecular complexity index is 904. The van der Waals surface area contributed by atoms with E-state index in [-0.39, 0.29) is 5.91 Å². The van der Waals surface area contributed by atoms with Crippen molar-refractivity contribution in [3.05, 3.63) is 71.4 Å². The Hall–Kier alpha value is -2.60. The van der Waals surface area contributed by atoms with Crippen LogP contribution >= 0.6 is 11.8 Å². The molecule has 0 aliphatic carbocycles. The van der Waals surface area contributed by atoms with E-state index in [1.807, 2.05) is 48.2 Å². The first-order chi connectivity index (χ1) is 13.0. The molecule has 0 radical (unpaired) electrons. The van der Waals surface area contributed by atoms with E-state index in [4.69, 9.17) is 4.52 Å². The van der Waals surface area contributed by atoms with E-state index in [1.54, 1.807) is 6.92 Å². The highest BCUT2D eigenvalue weighted by Gasteiger charge is 2.11. The largest absolute Gasteiger partial charge is 0.339 e. The Balaban J connectivity index is 1.64. The summed E-state index contributed by atoms with van der Waals surface area (Å²) < 4.78 is 5.19. The van der Waals surface area contributed by atoms with Crippen molar-refractivity contribution in [2.45, 2.75) is 43.8 Å². The maximum absolute atomic E-state index is 12.5. The molecule has 1 aromatic heterocycles. The first-order valence-corrected chi connectivity index (χ1v) is 9.80. The van der Waals surface area contributed by atoms with E-state index in [2.05, 4.69) is 41.4 Å². The monoisotopic (exact) mass is 381 g/mol. The number of nitrogens with zero attached hydrogens (tertiary/aromatic N) is 2. The molecule has 140 valence electrons. The van der Waals surface area contributed by atoms with Crippen LogP contribution in [-0.4, -0.2) is 21.3 Å². The van der Waals surface area contributed by atoms with Crippen molar-refractivity contribution < 1.29 is 9.32 Å². The number of hydrogen-bond donors (Lipinski definition) is 1. The molecule has 0 aliphatic rings. The van der Waals surface area contributed by atoms with Crippen LogP contribution in [-0.2, 0) is 17.6 Å². The van der Waals surface area contributed by atoms with E-state index in [0.29, 0.717) is 29.8 Å². The van der Waals surface area contributed by atoms with Crippen molar-refractivity contribution in [3.63, 3.8) is 0 Å². The number of thioether (sulfide) groups is 1. The fraction of sp³-hybridized carbons (Fsp3) is 0.286. The molecule has 0 aliphatic heterocycles. The van der Waals surface area contributed by atoms with Crippen LogP contribution in [0.4, 0.5) is 5.69 Å². The van der Waals surface area contributed by atoms with E-state index in [0.717, 1.165) is 16.8 Å². The molecular formula is C21H23N3O2S. The molecule has 3 aromatic rings. The van der Waals surface area contributed by atoms with Crippen molar-refractivity contribution >= 4 is 23.4 Å². The lowest BCUT2D eigenvalue weighted by Gasteiger charge is -2.10. The van der Waals surface area contributed by atoms with Gasteiger partial charge >= 0.3 is 0 Å². The third-order valence-corrected chi connectivity index (χ3v) is 4.88. The zero-order valence-electron chi connectivity index (χ0n) is 15.7. The third-order valence-electron chi connectivity index (χ3n) is 3.86. The normalized spacial score (nSPS) is 11.0. The summed E-state index contributed by atoms with van der Waals surface area (Å²) in [5.74, 6) is 1.09. The molecule has 1 N–H and O–H groups in total. The molecule has 3 rings (SSSR count). The number of aromatic nitrogens is 2. The average Bonchev–Trinajstić information content (AvgIpc) is 3.03. The lowest BCUT2D eigenvalue weighted by Crippen LogP contribution is -2.15. The lowest BCUT2D eigenvalue weighted by atomic mass is 10.1. The second-order valence-electron chi connectivity index (χ2n) is 6.60. The zero-order chi connectivity index (χ0) is 19.2. The Morgan fingerprint density at radius 2 is 1.89 bits per heavy atom. The number of hydrogen-bond acceptors (Lipinski definition) is 5. The van der Waals surface area contributed by atoms with Gasteiger partial charge in [0, 0.05) is 15.8 Å². The van der Waals surface area contributed by atoms with Gasteiger partial charge in [0.1, 0.15) is 0 Å². The number of benzene rings is 2. The highest BCUT2D eigenvalue weighted by Crippen LogP contribution is 2.23. The van der Waals surface area contributed by atoms with Crippen molar-refractivity contribution in [1.29, 1.82) is 0 Å². The number of carbonyl (C=O) groups is 1. The number of aryl methyl sites for hydroxylation is 1. The molecule has 0 atom stereocenters. The van der Waals surface area contributed by atoms with Crippen LogP contribution in [0.5, 0.6) is 0 Å². The second-order valence-corrected chi connectivity index (χ2v) is 8.25. The second kappa shape index (κ2) is 8.86. The molecule has 0 fully saturated rings. The summed E-state index contributed by atoms with van der Waals surface area (Å²) in [4.78, 5) is 17.9. The van der Waals surface area contributed by atoms with Gasteiger partial charge in [-0.1, -0.05) is 49.3 Å². The average molecular weight is 382 g/mol. The number of rotatable bonds is 7. The predicted octanol–water partition coefficient (Wildman–Crippen LogP) is 4.65. The fourth-order valence-corrected chi connectivity index (χ4v) is 3.55. The van der Waals surface area contributed by atoms with Gasteiger partial charge in [-0.05, 0) is 36.2 Å². The fourth-order valence-electron chi connectivity index (χ4n) is 2.71. The van der Waals surface area contributed by atoms with Crippen LogP contribution in [0, 0.1) is 6.92 Å². The maximum Gasteiger partial charge on any atom is 0.231 e. The zero-order valence-corrected chi connectivity index (χ0v) is 16.5. The van der Waals surface area contributed by atoms with E-state index in [1.165, 1.54) is 4.90 Å². The summed E-state index contributed by atoms with van der Waals surface area (Å²) in [7, 11) is 0. The van der Waals surface area contributed by atoms with Crippen molar-refractivity contribution in [3.8, 4) is 0 Å². The minimum Gasteiger partial charge on any atom is -0.339 e. The van der Waals surface area contributed by atoms with Gasteiger partial charge in [-0.3, -0.25) is 4.79 Å². The van der Waals surface area contributed by atoms with Gasteiger partial charge in [0.05, 0.1) is 12.8 Å². The maximum atomic E-state index is 12.5. The molecule has 1 amide bonds. The number of para-hydroxylation sites is 1. The Kier molecular flexibility index (Phi) is 6.29. The van der Waals surface area contributed by atoms with Crippen LogP contribution in [0.1, 0.15) is 36.7 Å². The molecule has 5 nitrogen and oxygen atoms in total. The van der Waals surface area contributed by atoms with E-state index >= 15 is 0 Å². The van der Waals surface area contributed by atoms with Gasteiger partial charge < -0.3 is 9.84 Å². The first-order valence-electron chi connectivity index (χ1n) is 8.92. The molecule has 0 unspecified atom stereocenters. The van der Waals surface area contributed by atoms with Crippen LogP contribution in [0.15, 0.2) is 57.9 Å². The Morgan fingerprint density at radius 1 is 1.15 bits per heavy atom. The SMILES string of the molecule is Cc1noc(Cc2ccccc2NC(=O)Cc2ccc(SC(C)C)cc2)n1. The Labute approximate surface area is 163 Å². The van der Waals surface area contributed by atoms with Crippen LogP contribution in [0.25, 0.3) is 0 Å². The summed E-state index contributed by atoms with van der Waals surface area (Å²) in [6.07, 6.45) is 0.818. The van der Waals surface area contributed by atoms with Gasteiger partial charge in [-0.25, -0.2) is 0 Å². The van der Waals surface area contributed by atoms with Gasteiger partial charge in [0.15, 0.2) is 5.82 Å². The van der Waals surface area contributed by atoms with Gasteiger partial charge in [0.25, 0.3) is 0 Å². The van der Waals surface area contributed by atoms with Crippen molar-refractivity contribution in [2.75, 3.05) is 5.32 Å². The van der Waals surface area contributed by atoms with Crippen molar-refractivity contribution in [2.24, 2.45) is 0 Å². The molecular weight excluding hydrogens is 358 g/mol. The third kappa shape index (κ3) is 5.69. The highest BCUT2D eigenvalue weighted by atomic mass is 32.2. The minimum atomic E-state index is -0.0478. The predicted molar refractivity (Wildman–Crippen MR) is 108 cm³/mol. The lowest BCUT2D eigenvalue weighted by molar-refractivity contribution is -0.115. The molecule has 2 aromatic carbocycles. The van der Waals surface area contributed by atoms with Gasteiger partial charge in [0.2, 0.25) is 11.8 Å². The van der Waals surface area contributed by atoms with Gasteiger partial charge in [-0.15, -0.1) is 11.8 Å². The molecule has 1 heterocycles. The van der Waals surface area contributed by atoms with E-state index in [9.17, 15) is 4.79 Å². The molecule has 6 heteroatoms. The molecule has 0 bridgehead atoms. The van der Waals surface area contributed by atoms with Gasteiger partial charge in [-0.2, -0.15) is 4.98 Å². The summed E-state index contributed by atoms with van der Waals surface area (Å²) in [5.41, 5.74) is 2.70. The summed E-state index contributed by atoms with van der Waals surface area (Å²) in [6.45, 7) is 6.11. The topological polar surface area (TPSA) is 68.0 Å². The Morgan fingerprint density at radius 3 is 2.56 bits per heavy atom. The number of nitrogens with one attached hydrogen (secondary N) is 1. The van der Waals surface area contributed by atoms with Crippen molar-refractivity contribution in [1.82, 2.24) is 10.1 Å². The molecule has 27 heavy (non-hydrogen) atoms. The summed E-state index contributed by atoms with van der Waals surface area (Å²) >= 11 is 1.81. The molecule has 0 spiro atoms. The van der Waals surface area contributed by atoms with Crippen LogP contribution < -0.4 is 5.32 Å². The summed E-state index contributed by atoms with van der Waals surface area (Å²) in [6, 6.07) is 15.8. The summed E-state index contributed by atoms with van der Waals surface area (Å²) in [5, 5.41) is 7.35. The van der Waals surface area contributed by atoms with Crippen LogP contribution in [0.2, 0.25) is 0 Å². The number of anilines is 1. The number of carbonyl (C=O) groups excluding carboxylic acids is 1. The standard InChI is InChI=1S/C21H23N3O2S/c1-14(2)27-18-10-8-16(9-11-18)12-20(25)23-19-7-5-4-6-17(19)13-21-22-15(3)24-26-21/h4-11,14H,12-13H2,1-3H3,(H,23,25). The smallest absolute Gasteiger partial charge is 0.231 e. The first kappa shape index (κ1) is 19.2. The highest BCUT2D eigenvalue weighted by molar-refractivity contribution is 7.99.